The molecule has 1 rings (SSSR count). The minimum Gasteiger partial charge on any atom is -0.481 e. The van der Waals surface area contributed by atoms with Crippen LogP contribution in [0.5, 0.6) is 0 Å². The number of hydrogen-bond acceptors (Lipinski definition) is 3. The summed E-state index contributed by atoms with van der Waals surface area (Å²) in [5.74, 6) is -0.393. The first-order valence-corrected chi connectivity index (χ1v) is 6.12. The van der Waals surface area contributed by atoms with E-state index in [2.05, 4.69) is 18.7 Å². The smallest absolute Gasteiger partial charge is 0.306 e. The molecule has 4 nitrogen and oxygen atoms in total. The maximum atomic E-state index is 11.1. The molecule has 1 aliphatic rings. The SMILES string of the molecule is CC(C)CC(CCN1CCOCC1)C(=O)O. The number of carboxylic acid groups (broad SMARTS) is 1. The summed E-state index contributed by atoms with van der Waals surface area (Å²) in [6, 6.07) is 0. The molecule has 94 valence electrons. The van der Waals surface area contributed by atoms with Crippen LogP contribution in [0.4, 0.5) is 0 Å². The Morgan fingerprint density at radius 2 is 2.00 bits per heavy atom. The van der Waals surface area contributed by atoms with Crippen LogP contribution in [0.2, 0.25) is 0 Å². The van der Waals surface area contributed by atoms with Crippen molar-refractivity contribution in [3.8, 4) is 0 Å². The summed E-state index contributed by atoms with van der Waals surface area (Å²) in [7, 11) is 0. The van der Waals surface area contributed by atoms with E-state index in [0.717, 1.165) is 45.7 Å². The second kappa shape index (κ2) is 6.86. The molecule has 0 bridgehead atoms. The normalized spacial score (nSPS) is 19.9. The Kier molecular flexibility index (Phi) is 5.77. The highest BCUT2D eigenvalue weighted by molar-refractivity contribution is 5.69. The number of ether oxygens (including phenoxy) is 1. The van der Waals surface area contributed by atoms with Crippen molar-refractivity contribution in [2.75, 3.05) is 32.8 Å². The van der Waals surface area contributed by atoms with Gasteiger partial charge in [-0.15, -0.1) is 0 Å². The summed E-state index contributed by atoms with van der Waals surface area (Å²) in [5.41, 5.74) is 0. The maximum Gasteiger partial charge on any atom is 0.306 e. The number of rotatable bonds is 6. The first-order valence-electron chi connectivity index (χ1n) is 6.12. The molecule has 1 atom stereocenters. The fraction of sp³-hybridized carbons (Fsp3) is 0.917. The van der Waals surface area contributed by atoms with Gasteiger partial charge in [-0.05, 0) is 25.3 Å². The summed E-state index contributed by atoms with van der Waals surface area (Å²) in [4.78, 5) is 13.4. The van der Waals surface area contributed by atoms with Crippen LogP contribution in [0.25, 0.3) is 0 Å². The molecule has 4 heteroatoms. The Bertz CT molecular complexity index is 212. The molecule has 16 heavy (non-hydrogen) atoms. The summed E-state index contributed by atoms with van der Waals surface area (Å²) in [5, 5.41) is 9.11. The third-order valence-corrected chi connectivity index (χ3v) is 3.00. The molecule has 1 saturated heterocycles. The number of carboxylic acids is 1. The summed E-state index contributed by atoms with van der Waals surface area (Å²) in [6.07, 6.45) is 1.53. The number of hydrogen-bond donors (Lipinski definition) is 1. The number of nitrogens with zero attached hydrogens (tertiary/aromatic N) is 1. The zero-order valence-electron chi connectivity index (χ0n) is 10.3. The van der Waals surface area contributed by atoms with Crippen molar-refractivity contribution >= 4 is 5.97 Å². The van der Waals surface area contributed by atoms with Crippen LogP contribution in [-0.4, -0.2) is 48.8 Å². The molecular formula is C12H23NO3. The lowest BCUT2D eigenvalue weighted by atomic mass is 9.94. The molecule has 0 amide bonds. The van der Waals surface area contributed by atoms with Gasteiger partial charge in [0.05, 0.1) is 19.1 Å². The molecule has 1 heterocycles. The van der Waals surface area contributed by atoms with Crippen molar-refractivity contribution in [2.45, 2.75) is 26.7 Å². The van der Waals surface area contributed by atoms with Gasteiger partial charge in [0, 0.05) is 13.1 Å². The first kappa shape index (κ1) is 13.5. The largest absolute Gasteiger partial charge is 0.481 e. The second-order valence-electron chi connectivity index (χ2n) is 4.91. The van der Waals surface area contributed by atoms with E-state index in [1.54, 1.807) is 0 Å². The van der Waals surface area contributed by atoms with Gasteiger partial charge in [0.1, 0.15) is 0 Å². The molecule has 0 saturated carbocycles. The number of morpholine rings is 1. The molecule has 0 radical (unpaired) electrons. The highest BCUT2D eigenvalue weighted by atomic mass is 16.5. The fourth-order valence-corrected chi connectivity index (χ4v) is 2.07. The molecule has 1 aliphatic heterocycles. The van der Waals surface area contributed by atoms with Gasteiger partial charge < -0.3 is 9.84 Å². The number of carbonyl (C=O) groups is 1. The standard InChI is InChI=1S/C12H23NO3/c1-10(2)9-11(12(14)15)3-4-13-5-7-16-8-6-13/h10-11H,3-9H2,1-2H3,(H,14,15). The van der Waals surface area contributed by atoms with Crippen molar-refractivity contribution in [1.82, 2.24) is 4.90 Å². The zero-order valence-corrected chi connectivity index (χ0v) is 10.3. The second-order valence-corrected chi connectivity index (χ2v) is 4.91. The van der Waals surface area contributed by atoms with E-state index in [0.29, 0.717) is 5.92 Å². The van der Waals surface area contributed by atoms with Crippen LogP contribution >= 0.6 is 0 Å². The van der Waals surface area contributed by atoms with E-state index in [9.17, 15) is 4.79 Å². The van der Waals surface area contributed by atoms with Gasteiger partial charge in [0.2, 0.25) is 0 Å². The molecule has 0 aromatic rings. The van der Waals surface area contributed by atoms with E-state index in [-0.39, 0.29) is 5.92 Å². The van der Waals surface area contributed by atoms with Crippen LogP contribution in [0.1, 0.15) is 26.7 Å². The molecule has 0 aromatic carbocycles. The van der Waals surface area contributed by atoms with E-state index in [1.807, 2.05) is 0 Å². The predicted molar refractivity (Wildman–Crippen MR) is 62.5 cm³/mol. The van der Waals surface area contributed by atoms with Crippen LogP contribution < -0.4 is 0 Å². The van der Waals surface area contributed by atoms with Gasteiger partial charge in [0.25, 0.3) is 0 Å². The Hall–Kier alpha value is -0.610. The molecular weight excluding hydrogens is 206 g/mol. The Labute approximate surface area is 97.6 Å². The molecule has 1 unspecified atom stereocenters. The van der Waals surface area contributed by atoms with Gasteiger partial charge in [-0.1, -0.05) is 13.8 Å². The first-order chi connectivity index (χ1) is 7.59. The van der Waals surface area contributed by atoms with Crippen LogP contribution in [-0.2, 0) is 9.53 Å². The predicted octanol–water partition coefficient (Wildman–Crippen LogP) is 1.46. The van der Waals surface area contributed by atoms with Crippen molar-refractivity contribution in [1.29, 1.82) is 0 Å². The van der Waals surface area contributed by atoms with Gasteiger partial charge in [-0.3, -0.25) is 9.69 Å². The molecule has 0 spiro atoms. The van der Waals surface area contributed by atoms with E-state index >= 15 is 0 Å². The average Bonchev–Trinajstić information content (AvgIpc) is 2.25. The highest BCUT2D eigenvalue weighted by Crippen LogP contribution is 2.16. The van der Waals surface area contributed by atoms with E-state index in [4.69, 9.17) is 9.84 Å². The Morgan fingerprint density at radius 3 is 2.50 bits per heavy atom. The summed E-state index contributed by atoms with van der Waals surface area (Å²) in [6.45, 7) is 8.47. The quantitative estimate of drug-likeness (QED) is 0.749. The zero-order chi connectivity index (χ0) is 12.0. The van der Waals surface area contributed by atoms with E-state index in [1.165, 1.54) is 0 Å². The van der Waals surface area contributed by atoms with Crippen molar-refractivity contribution < 1.29 is 14.6 Å². The molecule has 1 fully saturated rings. The molecule has 0 aromatic heterocycles. The lowest BCUT2D eigenvalue weighted by molar-refractivity contribution is -0.142. The average molecular weight is 229 g/mol. The Balaban J connectivity index is 2.28. The molecule has 1 N–H and O–H groups in total. The van der Waals surface area contributed by atoms with Gasteiger partial charge in [0.15, 0.2) is 0 Å². The monoisotopic (exact) mass is 229 g/mol. The summed E-state index contributed by atoms with van der Waals surface area (Å²) >= 11 is 0. The van der Waals surface area contributed by atoms with Crippen LogP contribution in [0, 0.1) is 11.8 Å². The third-order valence-electron chi connectivity index (χ3n) is 3.00. The summed E-state index contributed by atoms with van der Waals surface area (Å²) < 4.78 is 5.26. The minimum atomic E-state index is -0.651. The van der Waals surface area contributed by atoms with Gasteiger partial charge in [-0.25, -0.2) is 0 Å². The van der Waals surface area contributed by atoms with E-state index < -0.39 is 5.97 Å². The third kappa shape index (κ3) is 4.94. The number of aliphatic carboxylic acids is 1. The van der Waals surface area contributed by atoms with Gasteiger partial charge in [-0.2, -0.15) is 0 Å². The van der Waals surface area contributed by atoms with Crippen molar-refractivity contribution in [3.63, 3.8) is 0 Å². The topological polar surface area (TPSA) is 49.8 Å². The van der Waals surface area contributed by atoms with Crippen molar-refractivity contribution in [2.24, 2.45) is 11.8 Å². The lowest BCUT2D eigenvalue weighted by Gasteiger charge is -2.27. The minimum absolute atomic E-state index is 0.192. The Morgan fingerprint density at radius 1 is 1.38 bits per heavy atom. The maximum absolute atomic E-state index is 11.1. The molecule has 0 aliphatic carbocycles. The lowest BCUT2D eigenvalue weighted by Crippen LogP contribution is -2.38. The van der Waals surface area contributed by atoms with Crippen LogP contribution in [0.15, 0.2) is 0 Å². The highest BCUT2D eigenvalue weighted by Gasteiger charge is 2.20. The van der Waals surface area contributed by atoms with Crippen LogP contribution in [0.3, 0.4) is 0 Å². The fourth-order valence-electron chi connectivity index (χ4n) is 2.07. The van der Waals surface area contributed by atoms with Gasteiger partial charge >= 0.3 is 5.97 Å². The van der Waals surface area contributed by atoms with Crippen molar-refractivity contribution in [3.05, 3.63) is 0 Å².